The van der Waals surface area contributed by atoms with Crippen molar-refractivity contribution in [1.29, 1.82) is 0 Å². The number of aromatic nitrogens is 4. The zero-order valence-electron chi connectivity index (χ0n) is 8.88. The van der Waals surface area contributed by atoms with E-state index in [1.54, 1.807) is 12.5 Å². The minimum atomic E-state index is -0.308. The average Bonchev–Trinajstić information content (AvgIpc) is 2.82. The lowest BCUT2D eigenvalue weighted by molar-refractivity contribution is 0.547. The van der Waals surface area contributed by atoms with Gasteiger partial charge in [-0.15, -0.1) is 0 Å². The quantitative estimate of drug-likeness (QED) is 0.799. The largest absolute Gasteiger partial charge is 0.337 e. The van der Waals surface area contributed by atoms with Gasteiger partial charge in [0.2, 0.25) is 0 Å². The van der Waals surface area contributed by atoms with Crippen LogP contribution >= 0.6 is 23.2 Å². The molecule has 0 N–H and O–H groups in total. The fourth-order valence-electron chi connectivity index (χ4n) is 1.45. The maximum absolute atomic E-state index is 11.7. The predicted octanol–water partition coefficient (Wildman–Crippen LogP) is 1.84. The molecule has 5 nitrogen and oxygen atoms in total. The maximum Gasteiger partial charge on any atom is 0.273 e. The number of rotatable bonds is 4. The Hall–Kier alpha value is -1.33. The van der Waals surface area contributed by atoms with Crippen molar-refractivity contribution in [2.45, 2.75) is 19.5 Å². The van der Waals surface area contributed by atoms with Crippen LogP contribution in [0.4, 0.5) is 0 Å². The van der Waals surface area contributed by atoms with Crippen LogP contribution in [0.25, 0.3) is 0 Å². The Kier molecular flexibility index (Phi) is 3.81. The molecule has 2 aromatic heterocycles. The van der Waals surface area contributed by atoms with Crippen LogP contribution in [0.1, 0.15) is 6.42 Å². The molecule has 0 spiro atoms. The van der Waals surface area contributed by atoms with Crippen molar-refractivity contribution in [3.05, 3.63) is 45.6 Å². The van der Waals surface area contributed by atoms with Gasteiger partial charge in [0.15, 0.2) is 5.15 Å². The van der Waals surface area contributed by atoms with E-state index in [1.165, 1.54) is 10.9 Å². The van der Waals surface area contributed by atoms with Gasteiger partial charge in [0.1, 0.15) is 5.02 Å². The van der Waals surface area contributed by atoms with Crippen molar-refractivity contribution < 1.29 is 0 Å². The minimum Gasteiger partial charge on any atom is -0.337 e. The van der Waals surface area contributed by atoms with Crippen LogP contribution < -0.4 is 5.56 Å². The van der Waals surface area contributed by atoms with Crippen LogP contribution in [-0.4, -0.2) is 19.1 Å². The fourth-order valence-corrected chi connectivity index (χ4v) is 1.73. The number of aryl methyl sites for hydroxylation is 2. The second kappa shape index (κ2) is 5.33. The normalized spacial score (nSPS) is 10.7. The van der Waals surface area contributed by atoms with Crippen molar-refractivity contribution in [3.8, 4) is 0 Å². The topological polar surface area (TPSA) is 52.7 Å². The molecular weight excluding hydrogens is 263 g/mol. The number of halogens is 2. The lowest BCUT2D eigenvalue weighted by Gasteiger charge is -2.06. The molecule has 0 aliphatic heterocycles. The van der Waals surface area contributed by atoms with Gasteiger partial charge in [-0.2, -0.15) is 0 Å². The molecule has 0 unspecified atom stereocenters. The highest BCUT2D eigenvalue weighted by molar-refractivity contribution is 6.40. The number of imidazole rings is 1. The van der Waals surface area contributed by atoms with E-state index in [-0.39, 0.29) is 15.7 Å². The summed E-state index contributed by atoms with van der Waals surface area (Å²) in [5.74, 6) is 0. The van der Waals surface area contributed by atoms with E-state index in [2.05, 4.69) is 9.97 Å². The van der Waals surface area contributed by atoms with Gasteiger partial charge in [0.25, 0.3) is 5.56 Å². The highest BCUT2D eigenvalue weighted by Gasteiger charge is 2.06. The molecule has 2 aromatic rings. The van der Waals surface area contributed by atoms with E-state index in [0.717, 1.165) is 13.0 Å². The fraction of sp³-hybridized carbons (Fsp3) is 0.300. The number of hydrogen-bond donors (Lipinski definition) is 0. The first-order valence-electron chi connectivity index (χ1n) is 5.04. The summed E-state index contributed by atoms with van der Waals surface area (Å²) >= 11 is 11.4. The summed E-state index contributed by atoms with van der Waals surface area (Å²) in [6.07, 6.45) is 7.51. The van der Waals surface area contributed by atoms with Crippen LogP contribution in [0.15, 0.2) is 29.8 Å². The molecule has 17 heavy (non-hydrogen) atoms. The van der Waals surface area contributed by atoms with Crippen molar-refractivity contribution in [3.63, 3.8) is 0 Å². The van der Waals surface area contributed by atoms with Crippen molar-refractivity contribution in [2.75, 3.05) is 0 Å². The third-order valence-electron chi connectivity index (χ3n) is 2.31. The van der Waals surface area contributed by atoms with E-state index in [4.69, 9.17) is 23.2 Å². The standard InChI is InChI=1S/C10H10Cl2N4O/c11-8-9(12)14-7-16(10(8)17)4-1-3-15-5-2-13-6-15/h2,5-7H,1,3-4H2. The average molecular weight is 273 g/mol. The van der Waals surface area contributed by atoms with E-state index in [9.17, 15) is 4.79 Å². The molecular formula is C10H10Cl2N4O. The van der Waals surface area contributed by atoms with E-state index >= 15 is 0 Å². The second-order valence-electron chi connectivity index (χ2n) is 3.50. The molecule has 2 heterocycles. The Morgan fingerprint density at radius 2 is 2.06 bits per heavy atom. The zero-order chi connectivity index (χ0) is 12.3. The molecule has 2 rings (SSSR count). The van der Waals surface area contributed by atoms with Crippen LogP contribution in [0.5, 0.6) is 0 Å². The molecule has 0 amide bonds. The third kappa shape index (κ3) is 2.87. The van der Waals surface area contributed by atoms with Crippen LogP contribution in [-0.2, 0) is 13.1 Å². The van der Waals surface area contributed by atoms with Gasteiger partial charge in [-0.05, 0) is 6.42 Å². The molecule has 0 fully saturated rings. The highest BCUT2D eigenvalue weighted by Crippen LogP contribution is 2.12. The Morgan fingerprint density at radius 1 is 1.24 bits per heavy atom. The molecule has 90 valence electrons. The summed E-state index contributed by atoms with van der Waals surface area (Å²) < 4.78 is 3.39. The second-order valence-corrected chi connectivity index (χ2v) is 4.24. The Balaban J connectivity index is 2.00. The molecule has 0 bridgehead atoms. The lowest BCUT2D eigenvalue weighted by atomic mass is 10.4. The van der Waals surface area contributed by atoms with Gasteiger partial charge in [-0.25, -0.2) is 9.97 Å². The van der Waals surface area contributed by atoms with E-state index in [0.29, 0.717) is 6.54 Å². The third-order valence-corrected chi connectivity index (χ3v) is 3.04. The molecule has 0 aliphatic carbocycles. The molecule has 0 saturated heterocycles. The Morgan fingerprint density at radius 3 is 2.76 bits per heavy atom. The van der Waals surface area contributed by atoms with Gasteiger partial charge >= 0.3 is 0 Å². The Labute approximate surface area is 108 Å². The van der Waals surface area contributed by atoms with Crippen molar-refractivity contribution >= 4 is 23.2 Å². The van der Waals surface area contributed by atoms with Gasteiger partial charge in [0, 0.05) is 25.5 Å². The summed E-state index contributed by atoms with van der Waals surface area (Å²) in [4.78, 5) is 19.4. The first-order valence-corrected chi connectivity index (χ1v) is 5.80. The first kappa shape index (κ1) is 12.1. The monoisotopic (exact) mass is 272 g/mol. The Bertz CT molecular complexity index is 550. The van der Waals surface area contributed by atoms with Crippen molar-refractivity contribution in [2.24, 2.45) is 0 Å². The first-order chi connectivity index (χ1) is 8.18. The summed E-state index contributed by atoms with van der Waals surface area (Å²) in [5.41, 5.74) is -0.308. The number of nitrogens with zero attached hydrogens (tertiary/aromatic N) is 4. The minimum absolute atomic E-state index is 0.0307. The van der Waals surface area contributed by atoms with Gasteiger partial charge < -0.3 is 4.57 Å². The SMILES string of the molecule is O=c1c(Cl)c(Cl)ncn1CCCn1ccnc1. The van der Waals surface area contributed by atoms with E-state index in [1.807, 2.05) is 10.8 Å². The van der Waals surface area contributed by atoms with Gasteiger partial charge in [-0.1, -0.05) is 23.2 Å². The predicted molar refractivity (Wildman–Crippen MR) is 65.4 cm³/mol. The maximum atomic E-state index is 11.7. The van der Waals surface area contributed by atoms with Gasteiger partial charge in [-0.3, -0.25) is 9.36 Å². The molecule has 0 saturated carbocycles. The summed E-state index contributed by atoms with van der Waals surface area (Å²) in [6, 6.07) is 0. The summed E-state index contributed by atoms with van der Waals surface area (Å²) in [6.45, 7) is 1.33. The molecule has 0 radical (unpaired) electrons. The van der Waals surface area contributed by atoms with Crippen LogP contribution in [0.3, 0.4) is 0 Å². The molecule has 7 heteroatoms. The zero-order valence-corrected chi connectivity index (χ0v) is 10.4. The van der Waals surface area contributed by atoms with Crippen LogP contribution in [0.2, 0.25) is 10.2 Å². The van der Waals surface area contributed by atoms with Gasteiger partial charge in [0.05, 0.1) is 12.7 Å². The molecule has 0 atom stereocenters. The molecule has 0 aliphatic rings. The summed E-state index contributed by atoms with van der Waals surface area (Å²) in [5, 5.41) is 0.0133. The van der Waals surface area contributed by atoms with E-state index < -0.39 is 0 Å². The van der Waals surface area contributed by atoms with Crippen LogP contribution in [0, 0.1) is 0 Å². The number of hydrogen-bond acceptors (Lipinski definition) is 3. The van der Waals surface area contributed by atoms with Crippen molar-refractivity contribution in [1.82, 2.24) is 19.1 Å². The smallest absolute Gasteiger partial charge is 0.273 e. The molecule has 0 aromatic carbocycles. The lowest BCUT2D eigenvalue weighted by Crippen LogP contribution is -2.21. The highest BCUT2D eigenvalue weighted by atomic mass is 35.5. The summed E-state index contributed by atoms with van der Waals surface area (Å²) in [7, 11) is 0.